The minimum absolute atomic E-state index is 0.183. The maximum Gasteiger partial charge on any atom is 0.253 e. The summed E-state index contributed by atoms with van der Waals surface area (Å²) in [4.78, 5) is 17.6. The first-order valence-electron chi connectivity index (χ1n) is 10.5. The molecule has 0 radical (unpaired) electrons. The Morgan fingerprint density at radius 2 is 1.48 bits per heavy atom. The summed E-state index contributed by atoms with van der Waals surface area (Å²) in [5.41, 5.74) is 3.16. The quantitative estimate of drug-likeness (QED) is 0.815. The van der Waals surface area contributed by atoms with Gasteiger partial charge < -0.3 is 4.90 Å². The van der Waals surface area contributed by atoms with Crippen molar-refractivity contribution in [2.24, 2.45) is 11.8 Å². The Hall–Kier alpha value is -2.13. The van der Waals surface area contributed by atoms with Gasteiger partial charge in [0.1, 0.15) is 0 Å². The molecule has 2 aromatic carbocycles. The molecule has 2 saturated carbocycles. The van der Waals surface area contributed by atoms with Crippen molar-refractivity contribution in [3.63, 3.8) is 0 Å². The third kappa shape index (κ3) is 3.29. The second-order valence-corrected chi connectivity index (χ2v) is 8.51. The van der Waals surface area contributed by atoms with E-state index in [1.807, 2.05) is 35.2 Å². The van der Waals surface area contributed by atoms with Crippen molar-refractivity contribution in [2.75, 3.05) is 26.2 Å². The highest BCUT2D eigenvalue weighted by Crippen LogP contribution is 2.46. The van der Waals surface area contributed by atoms with Crippen molar-refractivity contribution in [1.29, 1.82) is 0 Å². The number of nitrogens with zero attached hydrogens (tertiary/aromatic N) is 2. The number of amides is 1. The van der Waals surface area contributed by atoms with E-state index in [0.717, 1.165) is 55.2 Å². The minimum atomic E-state index is 0.183. The predicted octanol–water partition coefficient (Wildman–Crippen LogP) is 4.30. The number of hydrogen-bond acceptors (Lipinski definition) is 2. The smallest absolute Gasteiger partial charge is 0.253 e. The summed E-state index contributed by atoms with van der Waals surface area (Å²) in [6.45, 7) is 3.82. The summed E-state index contributed by atoms with van der Waals surface area (Å²) in [6, 6.07) is 19.2. The van der Waals surface area contributed by atoms with Crippen LogP contribution in [-0.2, 0) is 0 Å². The van der Waals surface area contributed by atoms with Gasteiger partial charge in [0.2, 0.25) is 0 Å². The highest BCUT2D eigenvalue weighted by molar-refractivity contribution is 5.94. The Balaban J connectivity index is 1.21. The molecule has 27 heavy (non-hydrogen) atoms. The maximum atomic E-state index is 12.9. The van der Waals surface area contributed by atoms with E-state index < -0.39 is 0 Å². The normalized spacial score (nSPS) is 27.9. The molecule has 2 aliphatic carbocycles. The molecule has 3 atom stereocenters. The largest absolute Gasteiger partial charge is 0.336 e. The molecule has 1 heterocycles. The average molecular weight is 361 g/mol. The molecule has 3 fully saturated rings. The third-order valence-electron chi connectivity index (χ3n) is 7.01. The van der Waals surface area contributed by atoms with Gasteiger partial charge in [-0.1, -0.05) is 48.9 Å². The van der Waals surface area contributed by atoms with Crippen molar-refractivity contribution in [1.82, 2.24) is 9.80 Å². The first kappa shape index (κ1) is 17.0. The predicted molar refractivity (Wildman–Crippen MR) is 109 cm³/mol. The zero-order valence-electron chi connectivity index (χ0n) is 15.9. The molecule has 1 amide bonds. The monoisotopic (exact) mass is 360 g/mol. The molecule has 3 unspecified atom stereocenters. The van der Waals surface area contributed by atoms with Crippen molar-refractivity contribution >= 4 is 5.91 Å². The fourth-order valence-electron chi connectivity index (χ4n) is 5.53. The highest BCUT2D eigenvalue weighted by atomic mass is 16.2. The van der Waals surface area contributed by atoms with E-state index in [1.54, 1.807) is 0 Å². The molecule has 2 bridgehead atoms. The van der Waals surface area contributed by atoms with Crippen LogP contribution < -0.4 is 0 Å². The van der Waals surface area contributed by atoms with Crippen molar-refractivity contribution in [3.8, 4) is 11.1 Å². The Morgan fingerprint density at radius 3 is 2.11 bits per heavy atom. The number of hydrogen-bond donors (Lipinski definition) is 0. The van der Waals surface area contributed by atoms with Gasteiger partial charge in [-0.25, -0.2) is 0 Å². The van der Waals surface area contributed by atoms with E-state index >= 15 is 0 Å². The molecule has 1 aliphatic heterocycles. The van der Waals surface area contributed by atoms with E-state index in [9.17, 15) is 4.79 Å². The molecular weight excluding hydrogens is 332 g/mol. The number of rotatable bonds is 3. The number of carbonyl (C=O) groups excluding carboxylic acids is 1. The van der Waals surface area contributed by atoms with E-state index in [4.69, 9.17) is 0 Å². The standard InChI is InChI=1S/C24H28N2O/c27-24(21-10-8-20(9-11-21)19-4-2-1-3-5-19)26-14-12-25(13-15-26)23-17-18-6-7-22(23)16-18/h1-5,8-11,18,22-23H,6-7,12-17H2. The van der Waals surface area contributed by atoms with Crippen LogP contribution in [0.25, 0.3) is 11.1 Å². The summed E-state index contributed by atoms with van der Waals surface area (Å²) >= 11 is 0. The van der Waals surface area contributed by atoms with Gasteiger partial charge in [-0.15, -0.1) is 0 Å². The fourth-order valence-corrected chi connectivity index (χ4v) is 5.53. The van der Waals surface area contributed by atoms with Gasteiger partial charge in [0.15, 0.2) is 0 Å². The molecular formula is C24H28N2O. The van der Waals surface area contributed by atoms with Gasteiger partial charge in [-0.05, 0) is 54.4 Å². The van der Waals surface area contributed by atoms with Crippen LogP contribution >= 0.6 is 0 Å². The van der Waals surface area contributed by atoms with Crippen LogP contribution in [0.15, 0.2) is 54.6 Å². The Labute approximate surface area is 162 Å². The van der Waals surface area contributed by atoms with Crippen molar-refractivity contribution in [2.45, 2.75) is 31.7 Å². The molecule has 0 N–H and O–H groups in total. The second-order valence-electron chi connectivity index (χ2n) is 8.51. The zero-order chi connectivity index (χ0) is 18.2. The van der Waals surface area contributed by atoms with E-state index in [0.29, 0.717) is 0 Å². The number of carbonyl (C=O) groups is 1. The molecule has 0 aromatic heterocycles. The van der Waals surface area contributed by atoms with Gasteiger partial charge >= 0.3 is 0 Å². The molecule has 3 heteroatoms. The molecule has 3 nitrogen and oxygen atoms in total. The van der Waals surface area contributed by atoms with Gasteiger partial charge in [-0.2, -0.15) is 0 Å². The van der Waals surface area contributed by atoms with Gasteiger partial charge in [-0.3, -0.25) is 9.69 Å². The molecule has 0 spiro atoms. The summed E-state index contributed by atoms with van der Waals surface area (Å²) in [7, 11) is 0. The van der Waals surface area contributed by atoms with Crippen LogP contribution in [-0.4, -0.2) is 47.9 Å². The van der Waals surface area contributed by atoms with Gasteiger partial charge in [0, 0.05) is 37.8 Å². The summed E-state index contributed by atoms with van der Waals surface area (Å²) in [6.07, 6.45) is 5.75. The lowest BCUT2D eigenvalue weighted by molar-refractivity contribution is 0.0496. The number of fused-ring (bicyclic) bond motifs is 2. The summed E-state index contributed by atoms with van der Waals surface area (Å²) < 4.78 is 0. The summed E-state index contributed by atoms with van der Waals surface area (Å²) in [5, 5.41) is 0. The van der Waals surface area contributed by atoms with E-state index in [1.165, 1.54) is 31.2 Å². The Morgan fingerprint density at radius 1 is 0.778 bits per heavy atom. The lowest BCUT2D eigenvalue weighted by Gasteiger charge is -2.41. The average Bonchev–Trinajstić information content (AvgIpc) is 3.38. The first-order chi connectivity index (χ1) is 13.3. The number of piperazine rings is 1. The first-order valence-corrected chi connectivity index (χ1v) is 10.5. The highest BCUT2D eigenvalue weighted by Gasteiger charge is 2.42. The molecule has 1 saturated heterocycles. The lowest BCUT2D eigenvalue weighted by atomic mass is 9.93. The van der Waals surface area contributed by atoms with Gasteiger partial charge in [0.25, 0.3) is 5.91 Å². The maximum absolute atomic E-state index is 12.9. The van der Waals surface area contributed by atoms with Crippen LogP contribution in [0.5, 0.6) is 0 Å². The van der Waals surface area contributed by atoms with Crippen molar-refractivity contribution in [3.05, 3.63) is 60.2 Å². The van der Waals surface area contributed by atoms with Crippen LogP contribution in [0, 0.1) is 11.8 Å². The minimum Gasteiger partial charge on any atom is -0.336 e. The fraction of sp³-hybridized carbons (Fsp3) is 0.458. The molecule has 2 aromatic rings. The SMILES string of the molecule is O=C(c1ccc(-c2ccccc2)cc1)N1CCN(C2CC3CCC2C3)CC1. The van der Waals surface area contributed by atoms with Crippen LogP contribution in [0.3, 0.4) is 0 Å². The number of benzene rings is 2. The van der Waals surface area contributed by atoms with E-state index in [2.05, 4.69) is 29.2 Å². The molecule has 5 rings (SSSR count). The van der Waals surface area contributed by atoms with Crippen LogP contribution in [0.1, 0.15) is 36.0 Å². The molecule has 140 valence electrons. The van der Waals surface area contributed by atoms with Gasteiger partial charge in [0.05, 0.1) is 0 Å². The van der Waals surface area contributed by atoms with E-state index in [-0.39, 0.29) is 5.91 Å². The molecule has 3 aliphatic rings. The lowest BCUT2D eigenvalue weighted by Crippen LogP contribution is -2.53. The van der Waals surface area contributed by atoms with Crippen LogP contribution in [0.4, 0.5) is 0 Å². The second kappa shape index (κ2) is 7.12. The van der Waals surface area contributed by atoms with Crippen LogP contribution in [0.2, 0.25) is 0 Å². The zero-order valence-corrected chi connectivity index (χ0v) is 15.9. The van der Waals surface area contributed by atoms with Crippen molar-refractivity contribution < 1.29 is 4.79 Å². The Bertz CT molecular complexity index is 793. The third-order valence-corrected chi connectivity index (χ3v) is 7.01. The Kier molecular flexibility index (Phi) is 4.48. The topological polar surface area (TPSA) is 23.6 Å². The summed E-state index contributed by atoms with van der Waals surface area (Å²) in [5.74, 6) is 2.10.